The summed E-state index contributed by atoms with van der Waals surface area (Å²) in [7, 11) is 1.59. The van der Waals surface area contributed by atoms with E-state index >= 15 is 0 Å². The van der Waals surface area contributed by atoms with E-state index in [1.165, 1.54) is 0 Å². The van der Waals surface area contributed by atoms with Crippen LogP contribution in [0.5, 0.6) is 5.75 Å². The van der Waals surface area contributed by atoms with Crippen LogP contribution in [0.4, 0.5) is 0 Å². The Balaban J connectivity index is 1.61. The lowest BCUT2D eigenvalue weighted by atomic mass is 9.84. The number of hydrogen-bond acceptors (Lipinski definition) is 7. The number of hydrogen-bond donors (Lipinski definition) is 2. The summed E-state index contributed by atoms with van der Waals surface area (Å²) in [6, 6.07) is 6.79. The van der Waals surface area contributed by atoms with Crippen molar-refractivity contribution in [2.24, 2.45) is 5.41 Å². The third kappa shape index (κ3) is 4.48. The quantitative estimate of drug-likeness (QED) is 0.574. The highest BCUT2D eigenvalue weighted by atomic mass is 16.5. The topological polar surface area (TPSA) is 134 Å². The number of H-pyrrole nitrogens is 1. The predicted octanol–water partition coefficient (Wildman–Crippen LogP) is 2.99. The predicted molar refractivity (Wildman–Crippen MR) is 113 cm³/mol. The molecule has 2 N–H and O–H groups in total. The molecule has 3 heterocycles. The Labute approximate surface area is 184 Å². The van der Waals surface area contributed by atoms with E-state index < -0.39 is 17.4 Å². The fourth-order valence-electron chi connectivity index (χ4n) is 3.93. The summed E-state index contributed by atoms with van der Waals surface area (Å²) < 4.78 is 10.7. The Kier molecular flexibility index (Phi) is 5.68. The van der Waals surface area contributed by atoms with Gasteiger partial charge in [0.25, 0.3) is 0 Å². The molecule has 0 saturated carbocycles. The van der Waals surface area contributed by atoms with Gasteiger partial charge >= 0.3 is 5.97 Å². The van der Waals surface area contributed by atoms with Crippen LogP contribution >= 0.6 is 0 Å². The smallest absolute Gasteiger partial charge is 0.303 e. The van der Waals surface area contributed by atoms with E-state index in [-0.39, 0.29) is 18.7 Å². The van der Waals surface area contributed by atoms with Crippen molar-refractivity contribution in [2.45, 2.75) is 45.7 Å². The number of nitrogens with one attached hydrogen (secondary N) is 1. The normalized spacial score (nSPS) is 16.0. The fraction of sp³-hybridized carbons (Fsp3) is 0.409. The number of carbonyl (C=O) groups is 2. The third-order valence-corrected chi connectivity index (χ3v) is 5.55. The number of aliphatic carboxylic acids is 1. The second-order valence-corrected chi connectivity index (χ2v) is 8.67. The molecule has 1 aliphatic rings. The van der Waals surface area contributed by atoms with Gasteiger partial charge in [0.2, 0.25) is 17.6 Å². The molecule has 0 unspecified atom stereocenters. The summed E-state index contributed by atoms with van der Waals surface area (Å²) in [6.45, 7) is 3.85. The zero-order valence-electron chi connectivity index (χ0n) is 18.2. The molecular weight excluding hydrogens is 414 g/mol. The van der Waals surface area contributed by atoms with Gasteiger partial charge in [0.1, 0.15) is 11.8 Å². The first-order valence-corrected chi connectivity index (χ1v) is 10.3. The summed E-state index contributed by atoms with van der Waals surface area (Å²) in [5, 5.41) is 13.3. The number of carboxylic acids is 1. The van der Waals surface area contributed by atoms with Crippen molar-refractivity contribution in [1.29, 1.82) is 0 Å². The molecule has 1 atom stereocenters. The highest BCUT2D eigenvalue weighted by Gasteiger charge is 2.38. The van der Waals surface area contributed by atoms with Crippen molar-refractivity contribution in [3.8, 4) is 17.1 Å². The number of methoxy groups -OCH3 is 1. The van der Waals surface area contributed by atoms with Gasteiger partial charge < -0.3 is 24.3 Å². The maximum absolute atomic E-state index is 13.3. The van der Waals surface area contributed by atoms with Gasteiger partial charge in [-0.05, 0) is 29.7 Å². The molecule has 0 saturated heterocycles. The highest BCUT2D eigenvalue weighted by molar-refractivity contribution is 5.78. The molecule has 0 radical (unpaired) electrons. The van der Waals surface area contributed by atoms with E-state index in [0.717, 1.165) is 22.7 Å². The number of aromatic nitrogens is 4. The Morgan fingerprint density at radius 1 is 1.28 bits per heavy atom. The van der Waals surface area contributed by atoms with Crippen LogP contribution in [-0.4, -0.2) is 49.1 Å². The number of imidazole rings is 1. The Morgan fingerprint density at radius 3 is 2.72 bits per heavy atom. The lowest BCUT2D eigenvalue weighted by Crippen LogP contribution is -2.41. The van der Waals surface area contributed by atoms with E-state index in [0.29, 0.717) is 24.7 Å². The zero-order valence-corrected chi connectivity index (χ0v) is 18.2. The number of fused-ring (bicyclic) bond motifs is 1. The van der Waals surface area contributed by atoms with Crippen molar-refractivity contribution in [3.05, 3.63) is 47.9 Å². The number of amides is 1. The average Bonchev–Trinajstić information content (AvgIpc) is 3.40. The summed E-state index contributed by atoms with van der Waals surface area (Å²) in [4.78, 5) is 38.1. The van der Waals surface area contributed by atoms with E-state index in [1.54, 1.807) is 32.2 Å². The molecule has 0 spiro atoms. The van der Waals surface area contributed by atoms with Gasteiger partial charge in [-0.1, -0.05) is 19.0 Å². The molecule has 32 heavy (non-hydrogen) atoms. The van der Waals surface area contributed by atoms with Crippen molar-refractivity contribution in [3.63, 3.8) is 0 Å². The molecule has 3 aromatic rings. The van der Waals surface area contributed by atoms with E-state index in [4.69, 9.17) is 14.4 Å². The van der Waals surface area contributed by atoms with Gasteiger partial charge in [-0.15, -0.1) is 0 Å². The maximum Gasteiger partial charge on any atom is 0.303 e. The molecule has 0 bridgehead atoms. The standard InChI is InChI=1S/C22H25N5O5/c1-22(2,10-19(29)30)9-18(28)27-11-16-15(23-12-24-16)8-17(27)21-25-20(26-32-21)13-4-6-14(31-3)7-5-13/h4-7,12,17H,8-11H2,1-3H3,(H,23,24)(H,29,30)/t17-/m0/s1. The average molecular weight is 439 g/mol. The molecule has 10 nitrogen and oxygen atoms in total. The van der Waals surface area contributed by atoms with Gasteiger partial charge in [-0.3, -0.25) is 9.59 Å². The lowest BCUT2D eigenvalue weighted by Gasteiger charge is -2.35. The van der Waals surface area contributed by atoms with Crippen molar-refractivity contribution in [1.82, 2.24) is 25.0 Å². The van der Waals surface area contributed by atoms with Crippen LogP contribution in [-0.2, 0) is 22.6 Å². The van der Waals surface area contributed by atoms with Crippen molar-refractivity contribution >= 4 is 11.9 Å². The van der Waals surface area contributed by atoms with Crippen LogP contribution in [0.1, 0.15) is 50.0 Å². The number of carbonyl (C=O) groups excluding carboxylic acids is 1. The molecule has 168 valence electrons. The Morgan fingerprint density at radius 2 is 2.03 bits per heavy atom. The SMILES string of the molecule is COc1ccc(-c2noc([C@@H]3Cc4nc[nH]c4CN3C(=O)CC(C)(C)CC(=O)O)n2)cc1. The van der Waals surface area contributed by atoms with Crippen molar-refractivity contribution in [2.75, 3.05) is 7.11 Å². The second-order valence-electron chi connectivity index (χ2n) is 8.67. The number of rotatable bonds is 7. The Hall–Kier alpha value is -3.69. The fourth-order valence-corrected chi connectivity index (χ4v) is 3.93. The molecular formula is C22H25N5O5. The van der Waals surface area contributed by atoms with Gasteiger partial charge in [0.15, 0.2) is 0 Å². The molecule has 2 aromatic heterocycles. The molecule has 10 heteroatoms. The van der Waals surface area contributed by atoms with Crippen LogP contribution in [0.15, 0.2) is 35.1 Å². The molecule has 0 fully saturated rings. The maximum atomic E-state index is 13.3. The van der Waals surface area contributed by atoms with Gasteiger partial charge in [0.05, 0.1) is 37.8 Å². The lowest BCUT2D eigenvalue weighted by molar-refractivity contribution is -0.142. The van der Waals surface area contributed by atoms with Crippen LogP contribution in [0, 0.1) is 5.41 Å². The van der Waals surface area contributed by atoms with Crippen LogP contribution in [0.25, 0.3) is 11.4 Å². The van der Waals surface area contributed by atoms with E-state index in [9.17, 15) is 9.59 Å². The number of carboxylic acid groups (broad SMARTS) is 1. The molecule has 0 aliphatic carbocycles. The first kappa shape index (κ1) is 21.5. The molecule has 1 amide bonds. The summed E-state index contributed by atoms with van der Waals surface area (Å²) >= 11 is 0. The van der Waals surface area contributed by atoms with Crippen LogP contribution < -0.4 is 4.74 Å². The van der Waals surface area contributed by atoms with Gasteiger partial charge in [-0.25, -0.2) is 4.98 Å². The zero-order chi connectivity index (χ0) is 22.9. The molecule has 4 rings (SSSR count). The monoisotopic (exact) mass is 439 g/mol. The highest BCUT2D eigenvalue weighted by Crippen LogP contribution is 2.35. The second kappa shape index (κ2) is 8.45. The minimum atomic E-state index is -0.935. The largest absolute Gasteiger partial charge is 0.497 e. The van der Waals surface area contributed by atoms with Crippen LogP contribution in [0.3, 0.4) is 0 Å². The number of nitrogens with zero attached hydrogens (tertiary/aromatic N) is 4. The first-order chi connectivity index (χ1) is 15.3. The van der Waals surface area contributed by atoms with Gasteiger partial charge in [0, 0.05) is 18.4 Å². The number of ether oxygens (including phenoxy) is 1. The third-order valence-electron chi connectivity index (χ3n) is 5.55. The Bertz CT molecular complexity index is 1120. The first-order valence-electron chi connectivity index (χ1n) is 10.3. The summed E-state index contributed by atoms with van der Waals surface area (Å²) in [6.07, 6.45) is 2.00. The number of aromatic amines is 1. The molecule has 1 aliphatic heterocycles. The number of benzene rings is 1. The minimum Gasteiger partial charge on any atom is -0.497 e. The van der Waals surface area contributed by atoms with E-state index in [2.05, 4.69) is 20.1 Å². The molecule has 1 aromatic carbocycles. The summed E-state index contributed by atoms with van der Waals surface area (Å²) in [5.74, 6) is 0.333. The summed E-state index contributed by atoms with van der Waals surface area (Å²) in [5.41, 5.74) is 1.76. The van der Waals surface area contributed by atoms with E-state index in [1.807, 2.05) is 24.3 Å². The van der Waals surface area contributed by atoms with Gasteiger partial charge in [-0.2, -0.15) is 4.98 Å². The minimum absolute atomic E-state index is 0.0821. The van der Waals surface area contributed by atoms with Crippen LogP contribution in [0.2, 0.25) is 0 Å². The van der Waals surface area contributed by atoms with Crippen molar-refractivity contribution < 1.29 is 24.0 Å².